The highest BCUT2D eigenvalue weighted by Gasteiger charge is 2.11. The number of amides is 1. The Balaban J connectivity index is 1.97. The first-order valence-corrected chi connectivity index (χ1v) is 8.05. The second-order valence-corrected chi connectivity index (χ2v) is 5.64. The third-order valence-corrected chi connectivity index (χ3v) is 3.85. The molecule has 0 atom stereocenters. The minimum absolute atomic E-state index is 0.142. The van der Waals surface area contributed by atoms with E-state index in [9.17, 15) is 9.18 Å². The Hall–Kier alpha value is -2.27. The molecule has 0 aromatic heterocycles. The number of halogens is 2. The lowest BCUT2D eigenvalue weighted by atomic mass is 10.2. The van der Waals surface area contributed by atoms with Crippen molar-refractivity contribution < 1.29 is 13.9 Å². The van der Waals surface area contributed by atoms with Crippen molar-refractivity contribution in [2.24, 2.45) is 0 Å². The van der Waals surface area contributed by atoms with Crippen LogP contribution < -0.4 is 15.0 Å². The molecule has 2 aromatic rings. The summed E-state index contributed by atoms with van der Waals surface area (Å²) >= 11 is 5.95. The van der Waals surface area contributed by atoms with Crippen LogP contribution in [0.1, 0.15) is 13.3 Å². The van der Waals surface area contributed by atoms with E-state index in [0.717, 1.165) is 12.2 Å². The maximum absolute atomic E-state index is 13.0. The van der Waals surface area contributed by atoms with E-state index in [0.29, 0.717) is 29.4 Å². The molecule has 0 saturated carbocycles. The Bertz CT molecular complexity index is 692. The third-order valence-electron chi connectivity index (χ3n) is 3.62. The lowest BCUT2D eigenvalue weighted by Gasteiger charge is -2.23. The van der Waals surface area contributed by atoms with Crippen molar-refractivity contribution in [2.75, 3.05) is 30.4 Å². The molecule has 128 valence electrons. The standard InChI is InChI=1S/C18H20ClFN2O2/c1-3-22(15-7-5-14(20)6-8-15)11-10-18(23)21-16-12-13(19)4-9-17(16)24-2/h4-9,12H,3,10-11H2,1-2H3,(H,21,23). The highest BCUT2D eigenvalue weighted by molar-refractivity contribution is 6.31. The van der Waals surface area contributed by atoms with Gasteiger partial charge in [-0.15, -0.1) is 0 Å². The van der Waals surface area contributed by atoms with Gasteiger partial charge in [-0.3, -0.25) is 4.79 Å². The number of nitrogens with one attached hydrogen (secondary N) is 1. The summed E-state index contributed by atoms with van der Waals surface area (Å²) in [5.41, 5.74) is 1.42. The zero-order chi connectivity index (χ0) is 17.5. The SMILES string of the molecule is CCN(CCC(=O)Nc1cc(Cl)ccc1OC)c1ccc(F)cc1. The fourth-order valence-corrected chi connectivity index (χ4v) is 2.52. The summed E-state index contributed by atoms with van der Waals surface area (Å²) in [6.45, 7) is 3.23. The molecular formula is C18H20ClFN2O2. The average molecular weight is 351 g/mol. The predicted octanol–water partition coefficient (Wildman–Crippen LogP) is 4.34. The molecule has 0 bridgehead atoms. The smallest absolute Gasteiger partial charge is 0.226 e. The quantitative estimate of drug-likeness (QED) is 0.807. The number of rotatable bonds is 7. The summed E-state index contributed by atoms with van der Waals surface area (Å²) in [6, 6.07) is 11.3. The molecular weight excluding hydrogens is 331 g/mol. The van der Waals surface area contributed by atoms with E-state index < -0.39 is 0 Å². The van der Waals surface area contributed by atoms with Gasteiger partial charge >= 0.3 is 0 Å². The topological polar surface area (TPSA) is 41.6 Å². The number of benzene rings is 2. The van der Waals surface area contributed by atoms with Crippen molar-refractivity contribution in [3.63, 3.8) is 0 Å². The molecule has 1 amide bonds. The van der Waals surface area contributed by atoms with Crippen molar-refractivity contribution in [2.45, 2.75) is 13.3 Å². The number of carbonyl (C=O) groups is 1. The molecule has 2 aromatic carbocycles. The summed E-state index contributed by atoms with van der Waals surface area (Å²) in [5, 5.41) is 3.33. The van der Waals surface area contributed by atoms with E-state index in [4.69, 9.17) is 16.3 Å². The second-order valence-electron chi connectivity index (χ2n) is 5.20. The Labute approximate surface area is 146 Å². The maximum Gasteiger partial charge on any atom is 0.226 e. The molecule has 0 aliphatic heterocycles. The zero-order valence-corrected chi connectivity index (χ0v) is 14.4. The maximum atomic E-state index is 13.0. The summed E-state index contributed by atoms with van der Waals surface area (Å²) in [4.78, 5) is 14.2. The monoisotopic (exact) mass is 350 g/mol. The Morgan fingerprint density at radius 2 is 1.96 bits per heavy atom. The fraction of sp³-hybridized carbons (Fsp3) is 0.278. The molecule has 4 nitrogen and oxygen atoms in total. The van der Waals surface area contributed by atoms with E-state index >= 15 is 0 Å². The number of hydrogen-bond donors (Lipinski definition) is 1. The van der Waals surface area contributed by atoms with E-state index in [1.54, 1.807) is 30.3 Å². The number of nitrogens with zero attached hydrogens (tertiary/aromatic N) is 1. The third kappa shape index (κ3) is 4.86. The van der Waals surface area contributed by atoms with Crippen LogP contribution >= 0.6 is 11.6 Å². The molecule has 0 spiro atoms. The van der Waals surface area contributed by atoms with Crippen LogP contribution in [0.5, 0.6) is 5.75 Å². The van der Waals surface area contributed by atoms with Crippen LogP contribution in [0.3, 0.4) is 0 Å². The molecule has 0 radical (unpaired) electrons. The van der Waals surface area contributed by atoms with Crippen molar-refractivity contribution in [1.82, 2.24) is 0 Å². The van der Waals surface area contributed by atoms with Gasteiger partial charge in [-0.1, -0.05) is 11.6 Å². The van der Waals surface area contributed by atoms with Crippen molar-refractivity contribution in [3.05, 3.63) is 53.3 Å². The van der Waals surface area contributed by atoms with Gasteiger partial charge in [-0.05, 0) is 49.4 Å². The minimum atomic E-state index is -0.277. The Morgan fingerprint density at radius 3 is 2.58 bits per heavy atom. The van der Waals surface area contributed by atoms with Gasteiger partial charge in [0.15, 0.2) is 0 Å². The Kier molecular flexibility index (Phi) is 6.44. The van der Waals surface area contributed by atoms with Crippen LogP contribution in [-0.2, 0) is 4.79 Å². The zero-order valence-electron chi connectivity index (χ0n) is 13.7. The summed E-state index contributed by atoms with van der Waals surface area (Å²) in [5.74, 6) is 0.135. The van der Waals surface area contributed by atoms with E-state index in [1.165, 1.54) is 19.2 Å². The van der Waals surface area contributed by atoms with Gasteiger partial charge in [-0.2, -0.15) is 0 Å². The lowest BCUT2D eigenvalue weighted by Crippen LogP contribution is -2.27. The minimum Gasteiger partial charge on any atom is -0.495 e. The first-order chi connectivity index (χ1) is 11.5. The molecule has 0 fully saturated rings. The summed E-state index contributed by atoms with van der Waals surface area (Å²) in [6.07, 6.45) is 0.293. The molecule has 0 heterocycles. The van der Waals surface area contributed by atoms with Crippen molar-refractivity contribution >= 4 is 28.9 Å². The molecule has 0 aliphatic rings. The first kappa shape index (κ1) is 18.1. The van der Waals surface area contributed by atoms with Crippen molar-refractivity contribution in [3.8, 4) is 5.75 Å². The van der Waals surface area contributed by atoms with Gasteiger partial charge in [0, 0.05) is 30.2 Å². The van der Waals surface area contributed by atoms with Crippen LogP contribution in [0.4, 0.5) is 15.8 Å². The molecule has 6 heteroatoms. The van der Waals surface area contributed by atoms with Crippen LogP contribution in [0.25, 0.3) is 0 Å². The second kappa shape index (κ2) is 8.55. The molecule has 24 heavy (non-hydrogen) atoms. The number of carbonyl (C=O) groups excluding carboxylic acids is 1. The molecule has 1 N–H and O–H groups in total. The van der Waals surface area contributed by atoms with Crippen LogP contribution in [0.15, 0.2) is 42.5 Å². The molecule has 0 unspecified atom stereocenters. The van der Waals surface area contributed by atoms with Gasteiger partial charge in [0.1, 0.15) is 11.6 Å². The molecule has 0 saturated heterocycles. The summed E-state index contributed by atoms with van der Waals surface area (Å²) in [7, 11) is 1.53. The van der Waals surface area contributed by atoms with Crippen molar-refractivity contribution in [1.29, 1.82) is 0 Å². The van der Waals surface area contributed by atoms with E-state index in [2.05, 4.69) is 5.32 Å². The van der Waals surface area contributed by atoms with Gasteiger partial charge in [0.2, 0.25) is 5.91 Å². The van der Waals surface area contributed by atoms with Crippen LogP contribution in [-0.4, -0.2) is 26.1 Å². The van der Waals surface area contributed by atoms with E-state index in [1.807, 2.05) is 11.8 Å². The van der Waals surface area contributed by atoms with Gasteiger partial charge < -0.3 is 15.0 Å². The average Bonchev–Trinajstić information content (AvgIpc) is 2.57. The summed E-state index contributed by atoms with van der Waals surface area (Å²) < 4.78 is 18.2. The number of ether oxygens (including phenoxy) is 1. The number of methoxy groups -OCH3 is 1. The highest BCUT2D eigenvalue weighted by Crippen LogP contribution is 2.27. The Morgan fingerprint density at radius 1 is 1.25 bits per heavy atom. The van der Waals surface area contributed by atoms with Gasteiger partial charge in [0.25, 0.3) is 0 Å². The number of anilines is 2. The number of hydrogen-bond acceptors (Lipinski definition) is 3. The predicted molar refractivity (Wildman–Crippen MR) is 95.5 cm³/mol. The first-order valence-electron chi connectivity index (χ1n) is 7.67. The lowest BCUT2D eigenvalue weighted by molar-refractivity contribution is -0.116. The van der Waals surface area contributed by atoms with Gasteiger partial charge in [-0.25, -0.2) is 4.39 Å². The largest absolute Gasteiger partial charge is 0.495 e. The molecule has 2 rings (SSSR count). The normalized spacial score (nSPS) is 10.3. The van der Waals surface area contributed by atoms with E-state index in [-0.39, 0.29) is 11.7 Å². The van der Waals surface area contributed by atoms with Crippen LogP contribution in [0, 0.1) is 5.82 Å². The fourth-order valence-electron chi connectivity index (χ4n) is 2.35. The highest BCUT2D eigenvalue weighted by atomic mass is 35.5. The van der Waals surface area contributed by atoms with Gasteiger partial charge in [0.05, 0.1) is 12.8 Å². The molecule has 0 aliphatic carbocycles. The van der Waals surface area contributed by atoms with Crippen LogP contribution in [0.2, 0.25) is 5.02 Å².